The molecule has 1 aromatic rings. The minimum atomic E-state index is 0.345. The van der Waals surface area contributed by atoms with E-state index in [4.69, 9.17) is 0 Å². The highest BCUT2D eigenvalue weighted by Gasteiger charge is 2.06. The molecule has 1 unspecified atom stereocenters. The molecular formula is C14H20O. The van der Waals surface area contributed by atoms with Gasteiger partial charge in [0.1, 0.15) is 5.75 Å². The third-order valence-electron chi connectivity index (χ3n) is 2.68. The lowest BCUT2D eigenvalue weighted by atomic mass is 9.93. The third-order valence-corrected chi connectivity index (χ3v) is 2.68. The van der Waals surface area contributed by atoms with Gasteiger partial charge in [0.15, 0.2) is 0 Å². The molecule has 0 fully saturated rings. The predicted octanol–water partition coefficient (Wildman–Crippen LogP) is 4.24. The molecule has 0 radical (unpaired) electrons. The second kappa shape index (κ2) is 6.28. The maximum absolute atomic E-state index is 9.21. The Bertz CT molecular complexity index is 298. The number of hydrogen-bond donors (Lipinski definition) is 1. The fourth-order valence-corrected chi connectivity index (χ4v) is 1.71. The van der Waals surface area contributed by atoms with E-state index in [1.807, 2.05) is 12.1 Å². The molecule has 1 nitrogen and oxygen atoms in total. The first-order valence-corrected chi connectivity index (χ1v) is 5.71. The quantitative estimate of drug-likeness (QED) is 0.711. The normalized spacial score (nSPS) is 13.2. The molecule has 82 valence electrons. The molecule has 1 rings (SSSR count). The molecule has 15 heavy (non-hydrogen) atoms. The van der Waals surface area contributed by atoms with Gasteiger partial charge in [-0.2, -0.15) is 0 Å². The monoisotopic (exact) mass is 204 g/mol. The molecule has 1 aromatic carbocycles. The number of phenolic OH excluding ortho intramolecular Hbond substituents is 1. The van der Waals surface area contributed by atoms with Gasteiger partial charge in [0.2, 0.25) is 0 Å². The van der Waals surface area contributed by atoms with Crippen molar-refractivity contribution in [2.75, 3.05) is 0 Å². The molecule has 0 bridgehead atoms. The van der Waals surface area contributed by atoms with Crippen LogP contribution in [0.1, 0.15) is 44.6 Å². The lowest BCUT2D eigenvalue weighted by molar-refractivity contribution is 0.474. The lowest BCUT2D eigenvalue weighted by Crippen LogP contribution is -1.95. The highest BCUT2D eigenvalue weighted by molar-refractivity contribution is 5.28. The van der Waals surface area contributed by atoms with Crippen LogP contribution in [0.3, 0.4) is 0 Å². The number of benzene rings is 1. The predicted molar refractivity (Wildman–Crippen MR) is 65.2 cm³/mol. The van der Waals surface area contributed by atoms with Gasteiger partial charge in [0.25, 0.3) is 0 Å². The lowest BCUT2D eigenvalue weighted by Gasteiger charge is -2.12. The van der Waals surface area contributed by atoms with Crippen LogP contribution in [0.4, 0.5) is 0 Å². The zero-order valence-electron chi connectivity index (χ0n) is 9.61. The molecule has 0 aromatic heterocycles. The van der Waals surface area contributed by atoms with Crippen molar-refractivity contribution in [2.45, 2.75) is 39.0 Å². The largest absolute Gasteiger partial charge is 0.508 e. The Hall–Kier alpha value is -1.24. The van der Waals surface area contributed by atoms with Crippen molar-refractivity contribution in [3.63, 3.8) is 0 Å². The van der Waals surface area contributed by atoms with E-state index < -0.39 is 0 Å². The molecule has 0 aliphatic rings. The topological polar surface area (TPSA) is 20.2 Å². The molecule has 1 N–H and O–H groups in total. The summed E-state index contributed by atoms with van der Waals surface area (Å²) in [6.07, 6.45) is 7.80. The number of aromatic hydroxyl groups is 1. The number of hydrogen-bond acceptors (Lipinski definition) is 1. The summed E-state index contributed by atoms with van der Waals surface area (Å²) in [6, 6.07) is 7.57. The molecule has 0 heterocycles. The summed E-state index contributed by atoms with van der Waals surface area (Å²) >= 11 is 0. The highest BCUT2D eigenvalue weighted by atomic mass is 16.3. The average molecular weight is 204 g/mol. The van der Waals surface area contributed by atoms with Gasteiger partial charge in [-0.15, -0.1) is 0 Å². The minimum absolute atomic E-state index is 0.345. The summed E-state index contributed by atoms with van der Waals surface area (Å²) in [5.74, 6) is 0.922. The van der Waals surface area contributed by atoms with Crippen LogP contribution in [0, 0.1) is 0 Å². The van der Waals surface area contributed by atoms with E-state index in [1.54, 1.807) is 12.1 Å². The van der Waals surface area contributed by atoms with Crippen molar-refractivity contribution < 1.29 is 5.11 Å². The molecule has 1 atom stereocenters. The van der Waals surface area contributed by atoms with E-state index in [0.29, 0.717) is 11.7 Å². The van der Waals surface area contributed by atoms with Gasteiger partial charge >= 0.3 is 0 Å². The summed E-state index contributed by atoms with van der Waals surface area (Å²) in [5.41, 5.74) is 1.32. The van der Waals surface area contributed by atoms with Crippen molar-refractivity contribution in [1.82, 2.24) is 0 Å². The van der Waals surface area contributed by atoms with Crippen molar-refractivity contribution in [2.24, 2.45) is 0 Å². The summed E-state index contributed by atoms with van der Waals surface area (Å²) in [7, 11) is 0. The van der Waals surface area contributed by atoms with Crippen LogP contribution in [-0.4, -0.2) is 5.11 Å². The Balaban J connectivity index is 2.65. The second-order valence-electron chi connectivity index (χ2n) is 3.81. The van der Waals surface area contributed by atoms with Crippen LogP contribution in [-0.2, 0) is 0 Å². The van der Waals surface area contributed by atoms with Crippen LogP contribution >= 0.6 is 0 Å². The SMILES string of the molecule is CC/C=C\CC(CC)c1ccc(O)cc1. The zero-order valence-corrected chi connectivity index (χ0v) is 9.61. The van der Waals surface area contributed by atoms with E-state index in [9.17, 15) is 5.11 Å². The Morgan fingerprint density at radius 1 is 1.13 bits per heavy atom. The summed E-state index contributed by atoms with van der Waals surface area (Å²) < 4.78 is 0. The standard InChI is InChI=1S/C14H20O/c1-3-5-6-7-12(4-2)13-8-10-14(15)11-9-13/h5-6,8-12,15H,3-4,7H2,1-2H3/b6-5-. The van der Waals surface area contributed by atoms with E-state index >= 15 is 0 Å². The van der Waals surface area contributed by atoms with Crippen molar-refractivity contribution in [3.05, 3.63) is 42.0 Å². The van der Waals surface area contributed by atoms with Crippen LogP contribution in [0.25, 0.3) is 0 Å². The van der Waals surface area contributed by atoms with Crippen LogP contribution in [0.2, 0.25) is 0 Å². The molecule has 0 aliphatic heterocycles. The highest BCUT2D eigenvalue weighted by Crippen LogP contribution is 2.25. The fourth-order valence-electron chi connectivity index (χ4n) is 1.71. The summed E-state index contributed by atoms with van der Waals surface area (Å²) in [5, 5.41) is 9.21. The third kappa shape index (κ3) is 3.78. The maximum Gasteiger partial charge on any atom is 0.115 e. The molecule has 0 amide bonds. The van der Waals surface area contributed by atoms with Crippen LogP contribution < -0.4 is 0 Å². The fraction of sp³-hybridized carbons (Fsp3) is 0.429. The molecular weight excluding hydrogens is 184 g/mol. The summed E-state index contributed by atoms with van der Waals surface area (Å²) in [6.45, 7) is 4.36. The number of allylic oxidation sites excluding steroid dienone is 2. The van der Waals surface area contributed by atoms with Gasteiger partial charge in [-0.3, -0.25) is 0 Å². The van der Waals surface area contributed by atoms with Crippen molar-refractivity contribution in [1.29, 1.82) is 0 Å². The Kier molecular flexibility index (Phi) is 4.96. The Morgan fingerprint density at radius 2 is 1.80 bits per heavy atom. The Morgan fingerprint density at radius 3 is 2.33 bits per heavy atom. The molecule has 0 spiro atoms. The van der Waals surface area contributed by atoms with Gasteiger partial charge in [-0.25, -0.2) is 0 Å². The first-order chi connectivity index (χ1) is 7.27. The molecule has 1 heteroatoms. The summed E-state index contributed by atoms with van der Waals surface area (Å²) in [4.78, 5) is 0. The van der Waals surface area contributed by atoms with Gasteiger partial charge in [-0.05, 0) is 42.9 Å². The number of rotatable bonds is 5. The van der Waals surface area contributed by atoms with Gasteiger partial charge in [0.05, 0.1) is 0 Å². The van der Waals surface area contributed by atoms with Gasteiger partial charge in [0, 0.05) is 0 Å². The molecule has 0 saturated heterocycles. The van der Waals surface area contributed by atoms with Gasteiger partial charge in [-0.1, -0.05) is 38.1 Å². The van der Waals surface area contributed by atoms with Crippen molar-refractivity contribution in [3.8, 4) is 5.75 Å². The zero-order chi connectivity index (χ0) is 11.1. The Labute approximate surface area is 92.5 Å². The van der Waals surface area contributed by atoms with E-state index in [1.165, 1.54) is 5.56 Å². The first kappa shape index (κ1) is 11.8. The minimum Gasteiger partial charge on any atom is -0.508 e. The van der Waals surface area contributed by atoms with E-state index in [-0.39, 0.29) is 0 Å². The van der Waals surface area contributed by atoms with Gasteiger partial charge < -0.3 is 5.11 Å². The first-order valence-electron chi connectivity index (χ1n) is 5.71. The molecule has 0 aliphatic carbocycles. The van der Waals surface area contributed by atoms with E-state index in [0.717, 1.165) is 19.3 Å². The average Bonchev–Trinajstić information content (AvgIpc) is 2.26. The second-order valence-corrected chi connectivity index (χ2v) is 3.81. The number of phenols is 1. The smallest absolute Gasteiger partial charge is 0.115 e. The van der Waals surface area contributed by atoms with Crippen molar-refractivity contribution >= 4 is 0 Å². The van der Waals surface area contributed by atoms with Crippen LogP contribution in [0.5, 0.6) is 5.75 Å². The maximum atomic E-state index is 9.21. The van der Waals surface area contributed by atoms with Crippen LogP contribution in [0.15, 0.2) is 36.4 Å². The molecule has 0 saturated carbocycles. The van der Waals surface area contributed by atoms with E-state index in [2.05, 4.69) is 26.0 Å².